The van der Waals surface area contributed by atoms with E-state index in [4.69, 9.17) is 14.2 Å². The van der Waals surface area contributed by atoms with E-state index in [0.717, 1.165) is 41.7 Å². The van der Waals surface area contributed by atoms with E-state index in [2.05, 4.69) is 41.0 Å². The molecular formula is C26H32BrN5O5. The number of ether oxygens (including phenoxy) is 3. The summed E-state index contributed by atoms with van der Waals surface area (Å²) in [5.41, 5.74) is 1.59. The number of nitrogens with zero attached hydrogens (tertiary/aromatic N) is 4. The average Bonchev–Trinajstić information content (AvgIpc) is 2.88. The van der Waals surface area contributed by atoms with Crippen LogP contribution in [0.15, 0.2) is 47.2 Å². The first-order valence-corrected chi connectivity index (χ1v) is 13.0. The van der Waals surface area contributed by atoms with Crippen LogP contribution in [0.4, 0.5) is 11.5 Å². The molecule has 1 aliphatic heterocycles. The van der Waals surface area contributed by atoms with Gasteiger partial charge in [-0.2, -0.15) is 0 Å². The highest BCUT2D eigenvalue weighted by Gasteiger charge is 2.22. The minimum atomic E-state index is -0.691. The average molecular weight is 574 g/mol. The number of β-amino-alcohol motifs (C(OH)–C–C–N with tert-alkyl or cyclic N) is 1. The molecule has 2 heterocycles. The molecule has 0 radical (unpaired) electrons. The first-order chi connectivity index (χ1) is 17.9. The van der Waals surface area contributed by atoms with E-state index in [-0.39, 0.29) is 12.6 Å². The van der Waals surface area contributed by atoms with Gasteiger partial charge in [-0.3, -0.25) is 14.6 Å². The molecule has 2 N–H and O–H groups in total. The summed E-state index contributed by atoms with van der Waals surface area (Å²) in [5.74, 6) is 1.46. The number of aromatic nitrogens is 2. The second-order valence-corrected chi connectivity index (χ2v) is 9.64. The maximum Gasteiger partial charge on any atom is 0.320 e. The molecule has 11 heteroatoms. The zero-order valence-corrected chi connectivity index (χ0v) is 22.6. The normalized spacial score (nSPS) is 15.4. The molecule has 0 spiro atoms. The van der Waals surface area contributed by atoms with E-state index in [1.165, 1.54) is 6.33 Å². The van der Waals surface area contributed by atoms with E-state index in [9.17, 15) is 9.90 Å². The SMILES string of the molecule is CCOC(=O)CN1CCN(CC(O)COc2cc3c(Nc4cccc(Br)c4)ncnc3cc2OC)CC1. The Kier molecular flexibility index (Phi) is 9.51. The van der Waals surface area contributed by atoms with Crippen molar-refractivity contribution in [3.05, 3.63) is 47.2 Å². The Morgan fingerprint density at radius 2 is 1.92 bits per heavy atom. The highest BCUT2D eigenvalue weighted by atomic mass is 79.9. The van der Waals surface area contributed by atoms with Crippen molar-refractivity contribution < 1.29 is 24.1 Å². The fraction of sp³-hybridized carbons (Fsp3) is 0.423. The molecule has 1 saturated heterocycles. The molecule has 1 aliphatic rings. The van der Waals surface area contributed by atoms with Gasteiger partial charge >= 0.3 is 5.97 Å². The van der Waals surface area contributed by atoms with Crippen LogP contribution < -0.4 is 14.8 Å². The largest absolute Gasteiger partial charge is 0.493 e. The topological polar surface area (TPSA) is 109 Å². The second-order valence-electron chi connectivity index (χ2n) is 8.72. The first-order valence-electron chi connectivity index (χ1n) is 12.2. The fourth-order valence-electron chi connectivity index (χ4n) is 4.19. The Bertz CT molecular complexity index is 1210. The molecule has 0 saturated carbocycles. The van der Waals surface area contributed by atoms with Gasteiger partial charge in [0.1, 0.15) is 24.9 Å². The summed E-state index contributed by atoms with van der Waals surface area (Å²) in [5, 5.41) is 14.8. The van der Waals surface area contributed by atoms with E-state index in [1.807, 2.05) is 30.3 Å². The van der Waals surface area contributed by atoms with E-state index >= 15 is 0 Å². The van der Waals surface area contributed by atoms with Crippen molar-refractivity contribution in [2.75, 3.05) is 64.9 Å². The number of aliphatic hydroxyl groups is 1. The number of carbonyl (C=O) groups excluding carboxylic acids is 1. The number of methoxy groups -OCH3 is 1. The van der Waals surface area contributed by atoms with Crippen LogP contribution in [-0.2, 0) is 9.53 Å². The fourth-order valence-corrected chi connectivity index (χ4v) is 4.59. The number of benzene rings is 2. The van der Waals surface area contributed by atoms with Crippen LogP contribution >= 0.6 is 15.9 Å². The zero-order chi connectivity index (χ0) is 26.2. The van der Waals surface area contributed by atoms with Crippen molar-refractivity contribution in [1.82, 2.24) is 19.8 Å². The Morgan fingerprint density at radius 1 is 1.14 bits per heavy atom. The third kappa shape index (κ3) is 7.51. The van der Waals surface area contributed by atoms with Crippen molar-refractivity contribution in [3.8, 4) is 11.5 Å². The smallest absolute Gasteiger partial charge is 0.320 e. The lowest BCUT2D eigenvalue weighted by atomic mass is 10.2. The quantitative estimate of drug-likeness (QED) is 0.332. The molecule has 3 aromatic rings. The number of nitrogens with one attached hydrogen (secondary N) is 1. The molecular weight excluding hydrogens is 542 g/mol. The summed E-state index contributed by atoms with van der Waals surface area (Å²) >= 11 is 3.49. The second kappa shape index (κ2) is 13.0. The number of carbonyl (C=O) groups is 1. The summed E-state index contributed by atoms with van der Waals surface area (Å²) < 4.78 is 17.5. The third-order valence-corrected chi connectivity index (χ3v) is 6.52. The number of anilines is 2. The molecule has 1 atom stereocenters. The molecule has 0 amide bonds. The molecule has 0 bridgehead atoms. The Balaban J connectivity index is 1.37. The van der Waals surface area contributed by atoms with Gasteiger partial charge in [-0.15, -0.1) is 0 Å². The maximum absolute atomic E-state index is 11.7. The summed E-state index contributed by atoms with van der Waals surface area (Å²) in [7, 11) is 1.57. The Labute approximate surface area is 224 Å². The van der Waals surface area contributed by atoms with Crippen molar-refractivity contribution in [2.45, 2.75) is 13.0 Å². The first kappa shape index (κ1) is 27.1. The minimum Gasteiger partial charge on any atom is -0.493 e. The predicted molar refractivity (Wildman–Crippen MR) is 145 cm³/mol. The van der Waals surface area contributed by atoms with Crippen molar-refractivity contribution in [3.63, 3.8) is 0 Å². The van der Waals surface area contributed by atoms with Crippen LogP contribution in [0.5, 0.6) is 11.5 Å². The van der Waals surface area contributed by atoms with Crippen LogP contribution in [0.2, 0.25) is 0 Å². The number of aliphatic hydroxyl groups excluding tert-OH is 1. The van der Waals surface area contributed by atoms with Gasteiger partial charge in [-0.25, -0.2) is 9.97 Å². The molecule has 4 rings (SSSR count). The van der Waals surface area contributed by atoms with Gasteiger partial charge in [0.2, 0.25) is 0 Å². The Morgan fingerprint density at radius 3 is 2.65 bits per heavy atom. The summed E-state index contributed by atoms with van der Waals surface area (Å²) in [6.45, 7) is 6.10. The van der Waals surface area contributed by atoms with Gasteiger partial charge < -0.3 is 24.6 Å². The predicted octanol–water partition coefficient (Wildman–Crippen LogP) is 3.06. The number of hydrogen-bond donors (Lipinski definition) is 2. The van der Waals surface area contributed by atoms with Crippen molar-refractivity contribution >= 4 is 44.3 Å². The summed E-state index contributed by atoms with van der Waals surface area (Å²) in [4.78, 5) is 24.7. The number of piperazine rings is 1. The lowest BCUT2D eigenvalue weighted by molar-refractivity contribution is -0.144. The number of hydrogen-bond acceptors (Lipinski definition) is 10. The van der Waals surface area contributed by atoms with Crippen molar-refractivity contribution in [1.29, 1.82) is 0 Å². The zero-order valence-electron chi connectivity index (χ0n) is 21.0. The summed E-state index contributed by atoms with van der Waals surface area (Å²) in [6, 6.07) is 11.4. The number of rotatable bonds is 11. The van der Waals surface area contributed by atoms with Crippen LogP contribution in [-0.4, -0.2) is 96.5 Å². The van der Waals surface area contributed by atoms with E-state index < -0.39 is 6.10 Å². The van der Waals surface area contributed by atoms with Crippen LogP contribution in [0.1, 0.15) is 6.92 Å². The van der Waals surface area contributed by atoms with Crippen LogP contribution in [0.3, 0.4) is 0 Å². The lowest BCUT2D eigenvalue weighted by Crippen LogP contribution is -2.50. The number of halogens is 1. The van der Waals surface area contributed by atoms with Crippen molar-refractivity contribution in [2.24, 2.45) is 0 Å². The van der Waals surface area contributed by atoms with Crippen LogP contribution in [0, 0.1) is 0 Å². The molecule has 1 unspecified atom stereocenters. The van der Waals surface area contributed by atoms with Gasteiger partial charge in [0.15, 0.2) is 11.5 Å². The highest BCUT2D eigenvalue weighted by molar-refractivity contribution is 9.10. The standard InChI is InChI=1S/C26H32BrN5O5/c1-3-36-25(34)15-32-9-7-31(8-10-32)14-20(33)16-37-24-12-21-22(13-23(24)35-2)28-17-29-26(21)30-19-6-4-5-18(27)11-19/h4-6,11-13,17,20,33H,3,7-10,14-16H2,1-2H3,(H,28,29,30). The Hall–Kier alpha value is -2.99. The molecule has 10 nitrogen and oxygen atoms in total. The van der Waals surface area contributed by atoms with Gasteiger partial charge in [-0.1, -0.05) is 22.0 Å². The van der Waals surface area contributed by atoms with Crippen LogP contribution in [0.25, 0.3) is 10.9 Å². The van der Waals surface area contributed by atoms with E-state index in [1.54, 1.807) is 20.1 Å². The monoisotopic (exact) mass is 573 g/mol. The van der Waals surface area contributed by atoms with E-state index in [0.29, 0.717) is 42.5 Å². The van der Waals surface area contributed by atoms with Gasteiger partial charge in [0, 0.05) is 54.3 Å². The molecule has 0 aliphatic carbocycles. The number of esters is 1. The molecule has 1 aromatic heterocycles. The van der Waals surface area contributed by atoms with Gasteiger partial charge in [0.05, 0.1) is 25.8 Å². The highest BCUT2D eigenvalue weighted by Crippen LogP contribution is 2.35. The van der Waals surface area contributed by atoms with Gasteiger partial charge in [-0.05, 0) is 31.2 Å². The molecule has 2 aromatic carbocycles. The third-order valence-electron chi connectivity index (χ3n) is 6.03. The summed E-state index contributed by atoms with van der Waals surface area (Å²) in [6.07, 6.45) is 0.807. The maximum atomic E-state index is 11.7. The minimum absolute atomic E-state index is 0.104. The molecule has 37 heavy (non-hydrogen) atoms. The lowest BCUT2D eigenvalue weighted by Gasteiger charge is -2.35. The van der Waals surface area contributed by atoms with Gasteiger partial charge in [0.25, 0.3) is 0 Å². The number of fused-ring (bicyclic) bond motifs is 1. The molecule has 198 valence electrons. The molecule has 1 fully saturated rings.